The Morgan fingerprint density at radius 3 is 2.11 bits per heavy atom. The lowest BCUT2D eigenvalue weighted by Crippen LogP contribution is -2.40. The number of carbonyl (C=O) groups is 1. The fourth-order valence-electron chi connectivity index (χ4n) is 2.16. The van der Waals surface area contributed by atoms with Gasteiger partial charge < -0.3 is 10.0 Å². The van der Waals surface area contributed by atoms with E-state index in [-0.39, 0.29) is 0 Å². The predicted molar refractivity (Wildman–Crippen MR) is 75.3 cm³/mol. The summed E-state index contributed by atoms with van der Waals surface area (Å²) >= 11 is 0. The van der Waals surface area contributed by atoms with Gasteiger partial charge in [0.15, 0.2) is 0 Å². The lowest BCUT2D eigenvalue weighted by molar-refractivity contribution is -0.138. The molecule has 0 bridgehead atoms. The number of anilines is 1. The largest absolute Gasteiger partial charge is 0.480 e. The molecule has 1 aromatic carbocycles. The highest BCUT2D eigenvalue weighted by Crippen LogP contribution is 2.22. The van der Waals surface area contributed by atoms with Crippen molar-refractivity contribution in [2.45, 2.75) is 46.1 Å². The Labute approximate surface area is 109 Å². The van der Waals surface area contributed by atoms with Gasteiger partial charge in [-0.3, -0.25) is 0 Å². The van der Waals surface area contributed by atoms with E-state index < -0.39 is 12.0 Å². The first kappa shape index (κ1) is 14.6. The lowest BCUT2D eigenvalue weighted by Gasteiger charge is -2.29. The van der Waals surface area contributed by atoms with Crippen LogP contribution in [0.5, 0.6) is 0 Å². The van der Waals surface area contributed by atoms with Gasteiger partial charge in [-0.25, -0.2) is 4.79 Å². The van der Waals surface area contributed by atoms with Crippen LogP contribution in [0.1, 0.15) is 45.6 Å². The average molecular weight is 249 g/mol. The van der Waals surface area contributed by atoms with Crippen LogP contribution in [0.2, 0.25) is 0 Å². The summed E-state index contributed by atoms with van der Waals surface area (Å²) < 4.78 is 0. The molecule has 0 unspecified atom stereocenters. The van der Waals surface area contributed by atoms with Gasteiger partial charge in [-0.2, -0.15) is 0 Å². The predicted octanol–water partition coefficient (Wildman–Crippen LogP) is 3.50. The standard InChI is InChI=1S/C15H23NO2/c1-5-14(15(17)18)16(6-2)13-9-7-12(8-10-13)11(3)4/h7-11,14H,5-6H2,1-4H3,(H,17,18)/t14-/m0/s1. The number of rotatable bonds is 6. The molecule has 0 aliphatic heterocycles. The highest BCUT2D eigenvalue weighted by atomic mass is 16.4. The van der Waals surface area contributed by atoms with E-state index in [9.17, 15) is 9.90 Å². The van der Waals surface area contributed by atoms with Gasteiger partial charge in [-0.05, 0) is 37.0 Å². The molecule has 1 N–H and O–H groups in total. The van der Waals surface area contributed by atoms with Gasteiger partial charge in [0.05, 0.1) is 0 Å². The van der Waals surface area contributed by atoms with Crippen LogP contribution in [0.25, 0.3) is 0 Å². The van der Waals surface area contributed by atoms with Crippen LogP contribution in [0.15, 0.2) is 24.3 Å². The molecule has 3 nitrogen and oxygen atoms in total. The van der Waals surface area contributed by atoms with Crippen LogP contribution < -0.4 is 4.90 Å². The minimum atomic E-state index is -0.757. The van der Waals surface area contributed by atoms with Gasteiger partial charge >= 0.3 is 5.97 Å². The van der Waals surface area contributed by atoms with Crippen LogP contribution in [-0.2, 0) is 4.79 Å². The fourth-order valence-corrected chi connectivity index (χ4v) is 2.16. The summed E-state index contributed by atoms with van der Waals surface area (Å²) in [4.78, 5) is 13.2. The number of hydrogen-bond donors (Lipinski definition) is 1. The van der Waals surface area contributed by atoms with Crippen LogP contribution in [0.4, 0.5) is 5.69 Å². The van der Waals surface area contributed by atoms with Crippen LogP contribution in [-0.4, -0.2) is 23.7 Å². The van der Waals surface area contributed by atoms with Gasteiger partial charge in [-0.1, -0.05) is 32.9 Å². The molecule has 0 spiro atoms. The Bertz CT molecular complexity index is 384. The molecule has 3 heteroatoms. The number of benzene rings is 1. The van der Waals surface area contributed by atoms with Gasteiger partial charge in [0.1, 0.15) is 6.04 Å². The molecule has 0 radical (unpaired) electrons. The van der Waals surface area contributed by atoms with E-state index in [0.717, 1.165) is 5.69 Å². The number of carboxylic acids is 1. The summed E-state index contributed by atoms with van der Waals surface area (Å²) in [5.74, 6) is -0.261. The van der Waals surface area contributed by atoms with E-state index in [0.29, 0.717) is 18.9 Å². The number of likely N-dealkylation sites (N-methyl/N-ethyl adjacent to an activating group) is 1. The number of nitrogens with zero attached hydrogens (tertiary/aromatic N) is 1. The van der Waals surface area contributed by atoms with E-state index in [1.807, 2.05) is 30.9 Å². The lowest BCUT2D eigenvalue weighted by atomic mass is 10.0. The second-order valence-electron chi connectivity index (χ2n) is 4.79. The minimum Gasteiger partial charge on any atom is -0.480 e. The monoisotopic (exact) mass is 249 g/mol. The molecule has 0 amide bonds. The van der Waals surface area contributed by atoms with Crippen molar-refractivity contribution in [1.29, 1.82) is 0 Å². The van der Waals surface area contributed by atoms with Crippen molar-refractivity contribution in [2.24, 2.45) is 0 Å². The van der Waals surface area contributed by atoms with E-state index >= 15 is 0 Å². The van der Waals surface area contributed by atoms with E-state index in [2.05, 4.69) is 26.0 Å². The molecule has 0 aromatic heterocycles. The van der Waals surface area contributed by atoms with Crippen molar-refractivity contribution >= 4 is 11.7 Å². The molecule has 0 saturated carbocycles. The molecule has 1 rings (SSSR count). The molecule has 1 aromatic rings. The van der Waals surface area contributed by atoms with Crippen molar-refractivity contribution in [2.75, 3.05) is 11.4 Å². The Hall–Kier alpha value is -1.51. The summed E-state index contributed by atoms with van der Waals surface area (Å²) in [5, 5.41) is 9.24. The summed E-state index contributed by atoms with van der Waals surface area (Å²) in [5.41, 5.74) is 2.26. The van der Waals surface area contributed by atoms with Crippen molar-refractivity contribution in [3.05, 3.63) is 29.8 Å². The molecule has 0 saturated heterocycles. The maximum Gasteiger partial charge on any atom is 0.326 e. The first-order valence-electron chi connectivity index (χ1n) is 6.60. The average Bonchev–Trinajstić information content (AvgIpc) is 2.35. The van der Waals surface area contributed by atoms with E-state index in [1.165, 1.54) is 5.56 Å². The SMILES string of the molecule is CC[C@@H](C(=O)O)N(CC)c1ccc(C(C)C)cc1. The number of hydrogen-bond acceptors (Lipinski definition) is 2. The number of carboxylic acid groups (broad SMARTS) is 1. The van der Waals surface area contributed by atoms with Gasteiger partial charge in [-0.15, -0.1) is 0 Å². The first-order valence-corrected chi connectivity index (χ1v) is 6.60. The highest BCUT2D eigenvalue weighted by Gasteiger charge is 2.22. The summed E-state index contributed by atoms with van der Waals surface area (Å²) in [6.45, 7) is 8.90. The second kappa shape index (κ2) is 6.43. The maximum atomic E-state index is 11.2. The smallest absolute Gasteiger partial charge is 0.326 e. The molecule has 0 aliphatic carbocycles. The summed E-state index contributed by atoms with van der Waals surface area (Å²) in [6, 6.07) is 7.75. The van der Waals surface area contributed by atoms with Crippen molar-refractivity contribution in [3.8, 4) is 0 Å². The van der Waals surface area contributed by atoms with Gasteiger partial charge in [0.2, 0.25) is 0 Å². The molecule has 0 fully saturated rings. The quantitative estimate of drug-likeness (QED) is 0.838. The van der Waals surface area contributed by atoms with Crippen molar-refractivity contribution < 1.29 is 9.90 Å². The minimum absolute atomic E-state index is 0.445. The van der Waals surface area contributed by atoms with Crippen molar-refractivity contribution in [1.82, 2.24) is 0 Å². The normalized spacial score (nSPS) is 12.5. The fraction of sp³-hybridized carbons (Fsp3) is 0.533. The van der Waals surface area contributed by atoms with Gasteiger partial charge in [0, 0.05) is 12.2 Å². The second-order valence-corrected chi connectivity index (χ2v) is 4.79. The van der Waals surface area contributed by atoms with Crippen molar-refractivity contribution in [3.63, 3.8) is 0 Å². The van der Waals surface area contributed by atoms with E-state index in [4.69, 9.17) is 0 Å². The zero-order valence-electron chi connectivity index (χ0n) is 11.7. The highest BCUT2D eigenvalue weighted by molar-refractivity contribution is 5.78. The molecule has 0 heterocycles. The topological polar surface area (TPSA) is 40.5 Å². The molecular formula is C15H23NO2. The first-order chi connectivity index (χ1) is 8.51. The van der Waals surface area contributed by atoms with Crippen LogP contribution >= 0.6 is 0 Å². The van der Waals surface area contributed by atoms with Gasteiger partial charge in [0.25, 0.3) is 0 Å². The number of aliphatic carboxylic acids is 1. The third-order valence-corrected chi connectivity index (χ3v) is 3.28. The molecule has 100 valence electrons. The third kappa shape index (κ3) is 3.25. The molecule has 1 atom stereocenters. The molecule has 18 heavy (non-hydrogen) atoms. The Morgan fingerprint density at radius 1 is 1.22 bits per heavy atom. The summed E-state index contributed by atoms with van der Waals surface area (Å²) in [7, 11) is 0. The maximum absolute atomic E-state index is 11.2. The Kier molecular flexibility index (Phi) is 5.20. The molecular weight excluding hydrogens is 226 g/mol. The zero-order chi connectivity index (χ0) is 13.7. The Balaban J connectivity index is 2.98. The molecule has 0 aliphatic rings. The third-order valence-electron chi connectivity index (χ3n) is 3.28. The summed E-state index contributed by atoms with van der Waals surface area (Å²) in [6.07, 6.45) is 0.606. The Morgan fingerprint density at radius 2 is 1.78 bits per heavy atom. The van der Waals surface area contributed by atoms with Crippen LogP contribution in [0.3, 0.4) is 0 Å². The van der Waals surface area contributed by atoms with E-state index in [1.54, 1.807) is 0 Å². The zero-order valence-corrected chi connectivity index (χ0v) is 11.7. The van der Waals surface area contributed by atoms with Crippen LogP contribution in [0, 0.1) is 0 Å².